The quantitative estimate of drug-likeness (QED) is 0.369. The van der Waals surface area contributed by atoms with Crippen LogP contribution in [0.4, 0.5) is 5.69 Å². The Kier molecular flexibility index (Phi) is 5.75. The van der Waals surface area contributed by atoms with E-state index in [4.69, 9.17) is 4.42 Å². The number of rotatable bonds is 6. The van der Waals surface area contributed by atoms with Gasteiger partial charge in [0, 0.05) is 11.1 Å². The molecule has 0 saturated carbocycles. The van der Waals surface area contributed by atoms with Crippen LogP contribution in [0.2, 0.25) is 0 Å². The van der Waals surface area contributed by atoms with E-state index in [0.29, 0.717) is 22.7 Å². The molecule has 0 atom stereocenters. The number of carboxylic acids is 2. The number of furan rings is 1. The standard InChI is InChI=1S/C28H18N2O6/c31-26-23(25(17-7-3-1-4-8-17)29-30(26)21-9-5-2-6-10-21)16-22-11-12-24(36-22)18-13-19(27(32)33)15-20(14-18)28(34)35/h1-16H,(H,32,33)(H,34,35)/b23-16-. The minimum atomic E-state index is -1.26. The smallest absolute Gasteiger partial charge is 0.335 e. The number of nitrogens with zero attached hydrogens (tertiary/aromatic N) is 2. The summed E-state index contributed by atoms with van der Waals surface area (Å²) in [6.07, 6.45) is 1.57. The van der Waals surface area contributed by atoms with E-state index in [1.807, 2.05) is 48.5 Å². The first-order chi connectivity index (χ1) is 17.4. The van der Waals surface area contributed by atoms with E-state index in [1.165, 1.54) is 17.1 Å². The second-order valence-corrected chi connectivity index (χ2v) is 7.94. The Morgan fingerprint density at radius 1 is 0.778 bits per heavy atom. The maximum atomic E-state index is 13.4. The molecule has 0 unspecified atom stereocenters. The monoisotopic (exact) mass is 478 g/mol. The number of hydrogen-bond acceptors (Lipinski definition) is 5. The Hall–Kier alpha value is -5.24. The van der Waals surface area contributed by atoms with E-state index in [-0.39, 0.29) is 28.4 Å². The van der Waals surface area contributed by atoms with Crippen molar-refractivity contribution in [3.05, 3.63) is 119 Å². The summed E-state index contributed by atoms with van der Waals surface area (Å²) in [5.41, 5.74) is 2.10. The summed E-state index contributed by atoms with van der Waals surface area (Å²) < 4.78 is 5.89. The van der Waals surface area contributed by atoms with Gasteiger partial charge in [-0.1, -0.05) is 48.5 Å². The van der Waals surface area contributed by atoms with Crippen LogP contribution in [0.3, 0.4) is 0 Å². The highest BCUT2D eigenvalue weighted by molar-refractivity contribution is 6.37. The molecule has 176 valence electrons. The first kappa shape index (κ1) is 22.5. The van der Waals surface area contributed by atoms with Gasteiger partial charge in [-0.2, -0.15) is 10.1 Å². The summed E-state index contributed by atoms with van der Waals surface area (Å²) in [4.78, 5) is 36.3. The first-order valence-corrected chi connectivity index (χ1v) is 10.9. The fourth-order valence-corrected chi connectivity index (χ4v) is 3.84. The molecule has 1 aromatic heterocycles. The maximum Gasteiger partial charge on any atom is 0.335 e. The van der Waals surface area contributed by atoms with Crippen LogP contribution >= 0.6 is 0 Å². The van der Waals surface area contributed by atoms with Gasteiger partial charge in [-0.15, -0.1) is 0 Å². The van der Waals surface area contributed by atoms with Crippen molar-refractivity contribution in [3.63, 3.8) is 0 Å². The van der Waals surface area contributed by atoms with Crippen LogP contribution in [0.5, 0.6) is 0 Å². The van der Waals surface area contributed by atoms with Crippen LogP contribution < -0.4 is 5.01 Å². The number of aromatic carboxylic acids is 2. The molecule has 4 aromatic rings. The molecule has 0 aliphatic carbocycles. The Bertz CT molecular complexity index is 1520. The molecule has 8 heteroatoms. The SMILES string of the molecule is O=C(O)c1cc(C(=O)O)cc(-c2ccc(/C=C3\C(=O)N(c4ccccc4)N=C3c3ccccc3)o2)c1. The highest BCUT2D eigenvalue weighted by Crippen LogP contribution is 2.30. The van der Waals surface area contributed by atoms with Crippen LogP contribution in [0.1, 0.15) is 32.0 Å². The molecule has 5 rings (SSSR count). The lowest BCUT2D eigenvalue weighted by Crippen LogP contribution is -2.21. The van der Waals surface area contributed by atoms with Gasteiger partial charge in [0.15, 0.2) is 0 Å². The molecule has 0 spiro atoms. The summed E-state index contributed by atoms with van der Waals surface area (Å²) in [5.74, 6) is -2.26. The maximum absolute atomic E-state index is 13.4. The molecular weight excluding hydrogens is 460 g/mol. The van der Waals surface area contributed by atoms with E-state index in [1.54, 1.807) is 30.3 Å². The van der Waals surface area contributed by atoms with Gasteiger partial charge >= 0.3 is 11.9 Å². The van der Waals surface area contributed by atoms with Gasteiger partial charge in [-0.05, 0) is 48.5 Å². The molecule has 0 radical (unpaired) electrons. The molecule has 0 bridgehead atoms. The van der Waals surface area contributed by atoms with E-state index in [2.05, 4.69) is 5.10 Å². The van der Waals surface area contributed by atoms with Gasteiger partial charge in [-0.3, -0.25) is 4.79 Å². The third-order valence-electron chi connectivity index (χ3n) is 5.55. The zero-order chi connectivity index (χ0) is 25.2. The van der Waals surface area contributed by atoms with Crippen molar-refractivity contribution < 1.29 is 29.0 Å². The lowest BCUT2D eigenvalue weighted by Gasteiger charge is -2.10. The van der Waals surface area contributed by atoms with Crippen molar-refractivity contribution in [1.29, 1.82) is 0 Å². The van der Waals surface area contributed by atoms with Crippen molar-refractivity contribution >= 4 is 35.3 Å². The largest absolute Gasteiger partial charge is 0.478 e. The molecule has 1 aliphatic heterocycles. The van der Waals surface area contributed by atoms with E-state index >= 15 is 0 Å². The fraction of sp³-hybridized carbons (Fsp3) is 0. The first-order valence-electron chi connectivity index (χ1n) is 10.9. The summed E-state index contributed by atoms with van der Waals surface area (Å²) in [7, 11) is 0. The Morgan fingerprint density at radius 3 is 2.00 bits per heavy atom. The Labute approximate surface area is 205 Å². The molecule has 8 nitrogen and oxygen atoms in total. The molecule has 1 aliphatic rings. The number of anilines is 1. The molecule has 2 heterocycles. The topological polar surface area (TPSA) is 120 Å². The van der Waals surface area contributed by atoms with E-state index in [0.717, 1.165) is 11.6 Å². The van der Waals surface area contributed by atoms with Crippen LogP contribution in [0, 0.1) is 0 Å². The third-order valence-corrected chi connectivity index (χ3v) is 5.55. The van der Waals surface area contributed by atoms with Crippen molar-refractivity contribution in [1.82, 2.24) is 0 Å². The molecule has 0 saturated heterocycles. The lowest BCUT2D eigenvalue weighted by atomic mass is 10.0. The van der Waals surface area contributed by atoms with Gasteiger partial charge in [0.1, 0.15) is 17.2 Å². The number of benzene rings is 3. The summed E-state index contributed by atoms with van der Waals surface area (Å²) in [5, 5.41) is 24.6. The predicted molar refractivity (Wildman–Crippen MR) is 133 cm³/mol. The minimum absolute atomic E-state index is 0.177. The second kappa shape index (κ2) is 9.19. The van der Waals surface area contributed by atoms with E-state index < -0.39 is 11.9 Å². The van der Waals surface area contributed by atoms with Crippen molar-refractivity contribution in [3.8, 4) is 11.3 Å². The van der Waals surface area contributed by atoms with Gasteiger partial charge in [0.05, 0.1) is 22.4 Å². The van der Waals surface area contributed by atoms with Gasteiger partial charge in [0.2, 0.25) is 0 Å². The average molecular weight is 478 g/mol. The van der Waals surface area contributed by atoms with Crippen LogP contribution in [0.25, 0.3) is 17.4 Å². The highest BCUT2D eigenvalue weighted by Gasteiger charge is 2.32. The highest BCUT2D eigenvalue weighted by atomic mass is 16.4. The number of amides is 1. The summed E-state index contributed by atoms with van der Waals surface area (Å²) in [6, 6.07) is 25.3. The van der Waals surface area contributed by atoms with Crippen molar-refractivity contribution in [2.24, 2.45) is 5.10 Å². The number of para-hydroxylation sites is 1. The van der Waals surface area contributed by atoms with Crippen LogP contribution in [-0.4, -0.2) is 33.8 Å². The summed E-state index contributed by atoms with van der Waals surface area (Å²) in [6.45, 7) is 0. The predicted octanol–water partition coefficient (Wildman–Crippen LogP) is 5.18. The number of hydrogen-bond donors (Lipinski definition) is 2. The molecule has 36 heavy (non-hydrogen) atoms. The number of carbonyl (C=O) groups is 3. The van der Waals surface area contributed by atoms with E-state index in [9.17, 15) is 24.6 Å². The van der Waals surface area contributed by atoms with Gasteiger partial charge in [0.25, 0.3) is 5.91 Å². The lowest BCUT2D eigenvalue weighted by molar-refractivity contribution is -0.114. The van der Waals surface area contributed by atoms with Gasteiger partial charge in [-0.25, -0.2) is 9.59 Å². The number of carboxylic acid groups (broad SMARTS) is 2. The van der Waals surface area contributed by atoms with Crippen molar-refractivity contribution in [2.75, 3.05) is 5.01 Å². The minimum Gasteiger partial charge on any atom is -0.478 e. The molecule has 1 amide bonds. The summed E-state index contributed by atoms with van der Waals surface area (Å²) >= 11 is 0. The van der Waals surface area contributed by atoms with Gasteiger partial charge < -0.3 is 14.6 Å². The normalized spacial score (nSPS) is 14.2. The number of carbonyl (C=O) groups excluding carboxylic acids is 1. The Balaban J connectivity index is 1.56. The average Bonchev–Trinajstić information content (AvgIpc) is 3.50. The molecule has 3 aromatic carbocycles. The van der Waals surface area contributed by atoms with Crippen molar-refractivity contribution in [2.45, 2.75) is 0 Å². The fourth-order valence-electron chi connectivity index (χ4n) is 3.84. The van der Waals surface area contributed by atoms with Crippen LogP contribution in [-0.2, 0) is 4.79 Å². The zero-order valence-electron chi connectivity index (χ0n) is 18.7. The Morgan fingerprint density at radius 2 is 1.39 bits per heavy atom. The molecular formula is C28H18N2O6. The third kappa shape index (κ3) is 4.30. The zero-order valence-corrected chi connectivity index (χ0v) is 18.7. The van der Waals surface area contributed by atoms with Crippen LogP contribution in [0.15, 0.2) is 106 Å². The molecule has 0 fully saturated rings. The number of hydrazone groups is 1. The second-order valence-electron chi connectivity index (χ2n) is 7.94. The molecule has 2 N–H and O–H groups in total.